The minimum Gasteiger partial charge on any atom is -0.454 e. The lowest BCUT2D eigenvalue weighted by molar-refractivity contribution is 0.174. The zero-order chi connectivity index (χ0) is 13.0. The Morgan fingerprint density at radius 2 is 2.00 bits per heavy atom. The van der Waals surface area contributed by atoms with Crippen LogP contribution in [-0.4, -0.2) is 17.8 Å². The van der Waals surface area contributed by atoms with E-state index in [9.17, 15) is 0 Å². The molecule has 1 fully saturated rings. The predicted molar refractivity (Wildman–Crippen MR) is 73.7 cm³/mol. The number of hydrogen-bond acceptors (Lipinski definition) is 4. The third-order valence-corrected chi connectivity index (χ3v) is 4.08. The van der Waals surface area contributed by atoms with Gasteiger partial charge in [0.25, 0.3) is 0 Å². The zero-order valence-electron chi connectivity index (χ0n) is 11.1. The Balaban J connectivity index is 1.78. The maximum atomic E-state index is 5.45. The number of ether oxygens (including phenoxy) is 2. The van der Waals surface area contributed by atoms with Crippen LogP contribution in [0.15, 0.2) is 24.4 Å². The lowest BCUT2D eigenvalue weighted by Gasteiger charge is -2.10. The number of nitrogens with one attached hydrogen (secondary N) is 1. The summed E-state index contributed by atoms with van der Waals surface area (Å²) >= 11 is 0. The van der Waals surface area contributed by atoms with Gasteiger partial charge < -0.3 is 14.8 Å². The lowest BCUT2D eigenvalue weighted by Crippen LogP contribution is -2.09. The van der Waals surface area contributed by atoms with E-state index in [0.717, 1.165) is 28.1 Å². The molecule has 2 aromatic rings. The van der Waals surface area contributed by atoms with E-state index in [1.54, 1.807) is 0 Å². The molecule has 2 heterocycles. The van der Waals surface area contributed by atoms with Crippen molar-refractivity contribution < 1.29 is 9.47 Å². The van der Waals surface area contributed by atoms with E-state index in [4.69, 9.17) is 9.47 Å². The summed E-state index contributed by atoms with van der Waals surface area (Å²) in [4.78, 5) is 4.47. The lowest BCUT2D eigenvalue weighted by atomic mass is 10.1. The molecular formula is C15H16N2O2. The molecule has 0 spiro atoms. The van der Waals surface area contributed by atoms with Crippen LogP contribution in [0, 0.1) is 5.41 Å². The van der Waals surface area contributed by atoms with Crippen LogP contribution in [0.5, 0.6) is 11.5 Å². The molecule has 0 bridgehead atoms. The monoisotopic (exact) mass is 256 g/mol. The number of benzene rings is 1. The SMILES string of the molecule is CC1(C)CC1Nc1nccc2cc3c(cc12)OCO3. The van der Waals surface area contributed by atoms with Crippen molar-refractivity contribution in [1.29, 1.82) is 0 Å². The maximum Gasteiger partial charge on any atom is 0.231 e. The first-order valence-electron chi connectivity index (χ1n) is 6.58. The highest BCUT2D eigenvalue weighted by Gasteiger charge is 2.46. The van der Waals surface area contributed by atoms with Crippen molar-refractivity contribution in [2.45, 2.75) is 26.3 Å². The van der Waals surface area contributed by atoms with E-state index < -0.39 is 0 Å². The summed E-state index contributed by atoms with van der Waals surface area (Å²) in [6, 6.07) is 6.54. The van der Waals surface area contributed by atoms with Crippen LogP contribution in [-0.2, 0) is 0 Å². The van der Waals surface area contributed by atoms with Gasteiger partial charge in [-0.2, -0.15) is 0 Å². The Kier molecular flexibility index (Phi) is 2.03. The Hall–Kier alpha value is -1.97. The molecule has 1 aliphatic heterocycles. The Morgan fingerprint density at radius 3 is 2.74 bits per heavy atom. The molecule has 1 aromatic carbocycles. The van der Waals surface area contributed by atoms with Gasteiger partial charge in [-0.1, -0.05) is 13.8 Å². The highest BCUT2D eigenvalue weighted by atomic mass is 16.7. The number of nitrogens with zero attached hydrogens (tertiary/aromatic N) is 1. The van der Waals surface area contributed by atoms with Crippen molar-refractivity contribution in [2.75, 3.05) is 12.1 Å². The molecule has 1 aliphatic carbocycles. The van der Waals surface area contributed by atoms with Crippen molar-refractivity contribution in [2.24, 2.45) is 5.41 Å². The summed E-state index contributed by atoms with van der Waals surface area (Å²) in [5, 5.41) is 5.75. The van der Waals surface area contributed by atoms with Crippen molar-refractivity contribution in [3.8, 4) is 11.5 Å². The standard InChI is InChI=1S/C15H16N2O2/c1-15(2)7-13(15)17-14-10-6-12-11(18-8-19-12)5-9(10)3-4-16-14/h3-6,13H,7-8H2,1-2H3,(H,16,17). The van der Waals surface area contributed by atoms with E-state index in [1.165, 1.54) is 6.42 Å². The highest BCUT2D eigenvalue weighted by Crippen LogP contribution is 2.47. The van der Waals surface area contributed by atoms with Gasteiger partial charge in [0, 0.05) is 17.6 Å². The number of pyridine rings is 1. The molecule has 0 radical (unpaired) electrons. The van der Waals surface area contributed by atoms with Gasteiger partial charge in [0.1, 0.15) is 5.82 Å². The molecule has 1 saturated carbocycles. The number of aromatic nitrogens is 1. The van der Waals surface area contributed by atoms with Gasteiger partial charge in [-0.15, -0.1) is 0 Å². The van der Waals surface area contributed by atoms with Crippen LogP contribution in [0.4, 0.5) is 5.82 Å². The fourth-order valence-electron chi connectivity index (χ4n) is 2.56. The highest BCUT2D eigenvalue weighted by molar-refractivity contribution is 5.94. The van der Waals surface area contributed by atoms with Crippen molar-refractivity contribution in [1.82, 2.24) is 4.98 Å². The largest absolute Gasteiger partial charge is 0.454 e. The van der Waals surface area contributed by atoms with E-state index in [0.29, 0.717) is 18.2 Å². The number of hydrogen-bond donors (Lipinski definition) is 1. The van der Waals surface area contributed by atoms with Crippen LogP contribution in [0.1, 0.15) is 20.3 Å². The fourth-order valence-corrected chi connectivity index (χ4v) is 2.56. The summed E-state index contributed by atoms with van der Waals surface area (Å²) in [5.41, 5.74) is 0.375. The van der Waals surface area contributed by atoms with Gasteiger partial charge in [-0.3, -0.25) is 0 Å². The van der Waals surface area contributed by atoms with Crippen LogP contribution in [0.3, 0.4) is 0 Å². The summed E-state index contributed by atoms with van der Waals surface area (Å²) < 4.78 is 10.9. The smallest absolute Gasteiger partial charge is 0.231 e. The van der Waals surface area contributed by atoms with Crippen LogP contribution < -0.4 is 14.8 Å². The first-order valence-corrected chi connectivity index (χ1v) is 6.58. The molecule has 0 amide bonds. The molecule has 1 atom stereocenters. The maximum absolute atomic E-state index is 5.45. The van der Waals surface area contributed by atoms with E-state index in [2.05, 4.69) is 24.1 Å². The molecule has 19 heavy (non-hydrogen) atoms. The van der Waals surface area contributed by atoms with E-state index in [1.807, 2.05) is 24.4 Å². The Morgan fingerprint density at radius 1 is 1.26 bits per heavy atom. The average Bonchev–Trinajstić information content (AvgIpc) is 2.79. The van der Waals surface area contributed by atoms with Gasteiger partial charge in [0.05, 0.1) is 0 Å². The average molecular weight is 256 g/mol. The third-order valence-electron chi connectivity index (χ3n) is 4.08. The van der Waals surface area contributed by atoms with Crippen molar-refractivity contribution in [3.63, 3.8) is 0 Å². The molecule has 2 aliphatic rings. The topological polar surface area (TPSA) is 43.4 Å². The Bertz CT molecular complexity index is 666. The molecule has 1 N–H and O–H groups in total. The Labute approximate surface area is 111 Å². The van der Waals surface area contributed by atoms with Gasteiger partial charge in [0.15, 0.2) is 11.5 Å². The minimum absolute atomic E-state index is 0.303. The molecule has 4 nitrogen and oxygen atoms in total. The molecule has 4 rings (SSSR count). The van der Waals surface area contributed by atoms with E-state index >= 15 is 0 Å². The van der Waals surface area contributed by atoms with Gasteiger partial charge in [-0.05, 0) is 35.4 Å². The predicted octanol–water partition coefficient (Wildman–Crippen LogP) is 3.17. The van der Waals surface area contributed by atoms with Crippen LogP contribution >= 0.6 is 0 Å². The molecule has 1 aromatic heterocycles. The first kappa shape index (κ1) is 10.9. The minimum atomic E-state index is 0.303. The van der Waals surface area contributed by atoms with Crippen molar-refractivity contribution in [3.05, 3.63) is 24.4 Å². The van der Waals surface area contributed by atoms with E-state index in [-0.39, 0.29) is 0 Å². The molecule has 0 saturated heterocycles. The van der Waals surface area contributed by atoms with Gasteiger partial charge >= 0.3 is 0 Å². The van der Waals surface area contributed by atoms with Gasteiger partial charge in [0.2, 0.25) is 6.79 Å². The van der Waals surface area contributed by atoms with Crippen molar-refractivity contribution >= 4 is 16.6 Å². The summed E-state index contributed by atoms with van der Waals surface area (Å²) in [5.74, 6) is 2.56. The third kappa shape index (κ3) is 1.70. The molecule has 98 valence electrons. The molecule has 1 unspecified atom stereocenters. The number of rotatable bonds is 2. The first-order chi connectivity index (χ1) is 9.13. The summed E-state index contributed by atoms with van der Waals surface area (Å²) in [7, 11) is 0. The fraction of sp³-hybridized carbons (Fsp3) is 0.400. The second kappa shape index (κ2) is 3.53. The summed E-state index contributed by atoms with van der Waals surface area (Å²) in [6.45, 7) is 4.84. The normalized spacial score (nSPS) is 22.5. The second-order valence-corrected chi connectivity index (χ2v) is 5.98. The number of anilines is 1. The molecular weight excluding hydrogens is 240 g/mol. The second-order valence-electron chi connectivity index (χ2n) is 5.98. The quantitative estimate of drug-likeness (QED) is 0.896. The molecule has 4 heteroatoms. The van der Waals surface area contributed by atoms with Crippen LogP contribution in [0.2, 0.25) is 0 Å². The summed E-state index contributed by atoms with van der Waals surface area (Å²) in [6.07, 6.45) is 3.03. The number of fused-ring (bicyclic) bond motifs is 2. The zero-order valence-corrected chi connectivity index (χ0v) is 11.1. The van der Waals surface area contributed by atoms with Crippen LogP contribution in [0.25, 0.3) is 10.8 Å². The van der Waals surface area contributed by atoms with Gasteiger partial charge in [-0.25, -0.2) is 4.98 Å².